The van der Waals surface area contributed by atoms with Crippen LogP contribution in [0.5, 0.6) is 0 Å². The highest BCUT2D eigenvalue weighted by molar-refractivity contribution is 4.89. The van der Waals surface area contributed by atoms with E-state index in [4.69, 9.17) is 5.73 Å². The quantitative estimate of drug-likeness (QED) is 0.519. The van der Waals surface area contributed by atoms with Gasteiger partial charge in [-0.1, -0.05) is 12.8 Å². The molecule has 0 aromatic heterocycles. The van der Waals surface area contributed by atoms with Gasteiger partial charge in [0.05, 0.1) is 6.17 Å². The van der Waals surface area contributed by atoms with Crippen molar-refractivity contribution in [1.82, 2.24) is 5.32 Å². The van der Waals surface area contributed by atoms with E-state index in [1.54, 1.807) is 0 Å². The van der Waals surface area contributed by atoms with Crippen LogP contribution in [-0.4, -0.2) is 12.7 Å². The molecule has 0 amide bonds. The average molecular weight is 140 g/mol. The lowest BCUT2D eigenvalue weighted by Crippen LogP contribution is -2.36. The molecule has 3 atom stereocenters. The van der Waals surface area contributed by atoms with Crippen molar-refractivity contribution in [1.29, 1.82) is 0 Å². The fourth-order valence-corrected chi connectivity index (χ4v) is 2.40. The number of nitrogens with two attached hydrogens (primary N) is 1. The standard InChI is InChI=1S/C8H16N2/c9-8-7-4-2-1-3-6(7)5-10-8/h6-8,10H,1-5,9H2. The second-order valence-electron chi connectivity index (χ2n) is 3.64. The van der Waals surface area contributed by atoms with E-state index in [0.717, 1.165) is 11.8 Å². The highest BCUT2D eigenvalue weighted by Crippen LogP contribution is 2.33. The Morgan fingerprint density at radius 2 is 2.00 bits per heavy atom. The zero-order valence-corrected chi connectivity index (χ0v) is 6.34. The Morgan fingerprint density at radius 3 is 2.80 bits per heavy atom. The highest BCUT2D eigenvalue weighted by atomic mass is 15.1. The lowest BCUT2D eigenvalue weighted by molar-refractivity contribution is 0.267. The first kappa shape index (κ1) is 6.62. The van der Waals surface area contributed by atoms with Gasteiger partial charge in [0.1, 0.15) is 0 Å². The number of hydrogen-bond acceptors (Lipinski definition) is 2. The third-order valence-corrected chi connectivity index (χ3v) is 3.04. The first-order valence-corrected chi connectivity index (χ1v) is 4.37. The smallest absolute Gasteiger partial charge is 0.0578 e. The summed E-state index contributed by atoms with van der Waals surface area (Å²) in [6, 6.07) is 0. The molecule has 2 fully saturated rings. The molecule has 0 radical (unpaired) electrons. The molecular formula is C8H16N2. The van der Waals surface area contributed by atoms with Gasteiger partial charge in [0, 0.05) is 0 Å². The average Bonchev–Trinajstić information content (AvgIpc) is 2.34. The van der Waals surface area contributed by atoms with Gasteiger partial charge in [-0.3, -0.25) is 0 Å². The molecule has 1 saturated heterocycles. The minimum absolute atomic E-state index is 0.310. The molecule has 2 nitrogen and oxygen atoms in total. The summed E-state index contributed by atoms with van der Waals surface area (Å²) in [4.78, 5) is 0. The molecule has 1 saturated carbocycles. The summed E-state index contributed by atoms with van der Waals surface area (Å²) in [6.07, 6.45) is 5.90. The summed E-state index contributed by atoms with van der Waals surface area (Å²) in [7, 11) is 0. The van der Waals surface area contributed by atoms with Crippen LogP contribution in [0.1, 0.15) is 25.7 Å². The minimum Gasteiger partial charge on any atom is -0.316 e. The van der Waals surface area contributed by atoms with Crippen molar-refractivity contribution in [2.24, 2.45) is 17.6 Å². The Morgan fingerprint density at radius 1 is 1.20 bits per heavy atom. The van der Waals surface area contributed by atoms with Gasteiger partial charge in [-0.2, -0.15) is 0 Å². The van der Waals surface area contributed by atoms with Crippen molar-refractivity contribution in [3.63, 3.8) is 0 Å². The van der Waals surface area contributed by atoms with Gasteiger partial charge in [0.15, 0.2) is 0 Å². The Bertz CT molecular complexity index is 122. The van der Waals surface area contributed by atoms with Crippen molar-refractivity contribution in [2.45, 2.75) is 31.8 Å². The third kappa shape index (κ3) is 0.956. The SMILES string of the molecule is NC1NCC2CCCCC21. The Kier molecular flexibility index (Phi) is 1.66. The molecule has 2 rings (SSSR count). The van der Waals surface area contributed by atoms with E-state index in [1.807, 2.05) is 0 Å². The number of hydrogen-bond donors (Lipinski definition) is 2. The molecule has 10 heavy (non-hydrogen) atoms. The second kappa shape index (κ2) is 2.51. The van der Waals surface area contributed by atoms with Crippen LogP contribution in [0.3, 0.4) is 0 Å². The van der Waals surface area contributed by atoms with Crippen LogP contribution >= 0.6 is 0 Å². The molecule has 0 bridgehead atoms. The maximum Gasteiger partial charge on any atom is 0.0578 e. The van der Waals surface area contributed by atoms with Gasteiger partial charge in [-0.25, -0.2) is 0 Å². The lowest BCUT2D eigenvalue weighted by Gasteiger charge is -2.25. The van der Waals surface area contributed by atoms with Gasteiger partial charge >= 0.3 is 0 Å². The highest BCUT2D eigenvalue weighted by Gasteiger charge is 2.34. The summed E-state index contributed by atoms with van der Waals surface area (Å²) < 4.78 is 0. The molecule has 0 aromatic rings. The largest absolute Gasteiger partial charge is 0.316 e. The zero-order valence-electron chi connectivity index (χ0n) is 6.34. The van der Waals surface area contributed by atoms with Gasteiger partial charge in [-0.05, 0) is 31.2 Å². The normalized spacial score (nSPS) is 47.1. The van der Waals surface area contributed by atoms with Gasteiger partial charge in [0.25, 0.3) is 0 Å². The fraction of sp³-hybridized carbons (Fsp3) is 1.00. The topological polar surface area (TPSA) is 38.0 Å². The van der Waals surface area contributed by atoms with Gasteiger partial charge in [0.2, 0.25) is 0 Å². The van der Waals surface area contributed by atoms with Crippen LogP contribution in [0.25, 0.3) is 0 Å². The number of fused-ring (bicyclic) bond motifs is 1. The predicted molar refractivity (Wildman–Crippen MR) is 41.4 cm³/mol. The maximum absolute atomic E-state index is 5.88. The molecule has 2 heteroatoms. The Labute approximate surface area is 62.2 Å². The minimum atomic E-state index is 0.310. The molecule has 1 heterocycles. The first-order valence-electron chi connectivity index (χ1n) is 4.37. The van der Waals surface area contributed by atoms with Crippen molar-refractivity contribution < 1.29 is 0 Å². The Balaban J connectivity index is 2.01. The maximum atomic E-state index is 5.88. The predicted octanol–water partition coefficient (Wildman–Crippen LogP) is 0.681. The van der Waals surface area contributed by atoms with E-state index in [-0.39, 0.29) is 0 Å². The summed E-state index contributed by atoms with van der Waals surface area (Å²) in [5, 5.41) is 3.34. The van der Waals surface area contributed by atoms with Crippen molar-refractivity contribution in [3.05, 3.63) is 0 Å². The van der Waals surface area contributed by atoms with E-state index in [9.17, 15) is 0 Å². The van der Waals surface area contributed by atoms with E-state index in [0.29, 0.717) is 6.17 Å². The van der Waals surface area contributed by atoms with Crippen LogP contribution in [0.15, 0.2) is 0 Å². The van der Waals surface area contributed by atoms with Crippen molar-refractivity contribution in [2.75, 3.05) is 6.54 Å². The van der Waals surface area contributed by atoms with Crippen LogP contribution in [-0.2, 0) is 0 Å². The van der Waals surface area contributed by atoms with Crippen LogP contribution < -0.4 is 11.1 Å². The molecule has 3 unspecified atom stereocenters. The molecule has 2 aliphatic rings. The monoisotopic (exact) mass is 140 g/mol. The molecule has 0 spiro atoms. The first-order chi connectivity index (χ1) is 4.88. The summed E-state index contributed by atoms with van der Waals surface area (Å²) in [5.41, 5.74) is 5.88. The van der Waals surface area contributed by atoms with Crippen molar-refractivity contribution >= 4 is 0 Å². The molecule has 1 aliphatic heterocycles. The molecule has 3 N–H and O–H groups in total. The van der Waals surface area contributed by atoms with Gasteiger partial charge in [-0.15, -0.1) is 0 Å². The summed E-state index contributed by atoms with van der Waals surface area (Å²) in [5.74, 6) is 1.71. The van der Waals surface area contributed by atoms with E-state index < -0.39 is 0 Å². The van der Waals surface area contributed by atoms with Crippen molar-refractivity contribution in [3.8, 4) is 0 Å². The van der Waals surface area contributed by atoms with E-state index in [2.05, 4.69) is 5.32 Å². The third-order valence-electron chi connectivity index (χ3n) is 3.04. The fourth-order valence-electron chi connectivity index (χ4n) is 2.40. The second-order valence-corrected chi connectivity index (χ2v) is 3.64. The molecule has 58 valence electrons. The molecule has 1 aliphatic carbocycles. The lowest BCUT2D eigenvalue weighted by atomic mass is 9.81. The summed E-state index contributed by atoms with van der Waals surface area (Å²) >= 11 is 0. The van der Waals surface area contributed by atoms with Gasteiger partial charge < -0.3 is 11.1 Å². The van der Waals surface area contributed by atoms with E-state index in [1.165, 1.54) is 32.2 Å². The molecular weight excluding hydrogens is 124 g/mol. The van der Waals surface area contributed by atoms with E-state index >= 15 is 0 Å². The molecule has 0 aromatic carbocycles. The zero-order chi connectivity index (χ0) is 6.97. The Hall–Kier alpha value is -0.0800. The summed E-state index contributed by atoms with van der Waals surface area (Å²) in [6.45, 7) is 1.17. The van der Waals surface area contributed by atoms with Crippen LogP contribution in [0, 0.1) is 11.8 Å². The number of rotatable bonds is 0. The van der Waals surface area contributed by atoms with Crippen LogP contribution in [0.4, 0.5) is 0 Å². The number of nitrogens with one attached hydrogen (secondary N) is 1. The van der Waals surface area contributed by atoms with Crippen LogP contribution in [0.2, 0.25) is 0 Å².